The zero-order valence-corrected chi connectivity index (χ0v) is 30.6. The number of unbranched alkanes of at least 4 members (excludes halogenated alkanes) is 2. The van der Waals surface area contributed by atoms with E-state index in [0.717, 1.165) is 50.2 Å². The molecule has 0 spiro atoms. The third kappa shape index (κ3) is 13.4. The molecule has 254 valence electrons. The van der Waals surface area contributed by atoms with Gasteiger partial charge in [-0.05, 0) is 80.8 Å². The summed E-state index contributed by atoms with van der Waals surface area (Å²) in [6, 6.07) is 11.0. The van der Waals surface area contributed by atoms with E-state index in [4.69, 9.17) is 34.8 Å². The molecule has 1 aliphatic carbocycles. The lowest BCUT2D eigenvalue weighted by Crippen LogP contribution is -2.38. The van der Waals surface area contributed by atoms with Gasteiger partial charge in [-0.2, -0.15) is 13.2 Å². The van der Waals surface area contributed by atoms with Gasteiger partial charge < -0.3 is 0 Å². The zero-order chi connectivity index (χ0) is 34.4. The maximum atomic E-state index is 12.4. The number of aryl methyl sites for hydroxylation is 1. The zero-order valence-electron chi connectivity index (χ0n) is 27.5. The van der Waals surface area contributed by atoms with Crippen molar-refractivity contribution in [1.29, 1.82) is 0 Å². The molecule has 0 radical (unpaired) electrons. The van der Waals surface area contributed by atoms with Crippen LogP contribution in [0.2, 0.25) is 15.1 Å². The van der Waals surface area contributed by atoms with E-state index < -0.39 is 22.7 Å². The summed E-state index contributed by atoms with van der Waals surface area (Å²) in [5.41, 5.74) is 2.17. The van der Waals surface area contributed by atoms with Crippen molar-refractivity contribution in [2.24, 2.45) is 0 Å². The second kappa shape index (κ2) is 20.1. The van der Waals surface area contributed by atoms with Gasteiger partial charge in [-0.25, -0.2) is 8.51 Å². The summed E-state index contributed by atoms with van der Waals surface area (Å²) in [7, 11) is -0.861. The van der Waals surface area contributed by atoms with E-state index >= 15 is 0 Å². The number of halogens is 6. The number of alkyl halides is 3. The molecule has 1 aliphatic rings. The summed E-state index contributed by atoms with van der Waals surface area (Å²) in [5, 5.41) is 0.958. The number of rotatable bonds is 15. The molecule has 3 rings (SSSR count). The summed E-state index contributed by atoms with van der Waals surface area (Å²) in [5.74, 6) is 0. The minimum atomic E-state index is -4.36. The number of hydrogen-bond acceptors (Lipinski definition) is 1. The SMILES string of the molecule is C=C.C=C(C)C(C)(CCCCCC(CCC)N(C1CC1)S(C)=O)c1ccc(Cl)c(Cl)c1.CCCc1ccc(Cl)c(C(F)(F)F)c1. The Morgan fingerprint density at radius 2 is 1.58 bits per heavy atom. The third-order valence-corrected chi connectivity index (χ3v) is 10.5. The maximum absolute atomic E-state index is 12.4. The second-order valence-electron chi connectivity index (χ2n) is 11.9. The molecule has 0 saturated heterocycles. The minimum Gasteiger partial charge on any atom is -0.243 e. The number of benzene rings is 2. The molecule has 2 aromatic carbocycles. The monoisotopic (exact) mass is 707 g/mol. The van der Waals surface area contributed by atoms with Crippen LogP contribution in [-0.2, 0) is 29.0 Å². The van der Waals surface area contributed by atoms with Gasteiger partial charge in [0, 0.05) is 23.8 Å². The molecule has 0 heterocycles. The first kappa shape index (κ1) is 41.7. The molecule has 9 heteroatoms. The van der Waals surface area contributed by atoms with Gasteiger partial charge in [-0.3, -0.25) is 0 Å². The Hall–Kier alpha value is -1.31. The number of nitrogens with zero attached hydrogens (tertiary/aromatic N) is 1. The predicted molar refractivity (Wildman–Crippen MR) is 191 cm³/mol. The van der Waals surface area contributed by atoms with Crippen molar-refractivity contribution in [2.75, 3.05) is 6.26 Å². The lowest BCUT2D eigenvalue weighted by atomic mass is 9.73. The molecule has 1 saturated carbocycles. The van der Waals surface area contributed by atoms with Gasteiger partial charge in [0.05, 0.1) is 31.6 Å². The van der Waals surface area contributed by atoms with Crippen LogP contribution < -0.4 is 0 Å². The van der Waals surface area contributed by atoms with Gasteiger partial charge >= 0.3 is 6.18 Å². The van der Waals surface area contributed by atoms with E-state index in [1.807, 2.05) is 25.3 Å². The molecule has 0 amide bonds. The van der Waals surface area contributed by atoms with Crippen molar-refractivity contribution in [1.82, 2.24) is 4.31 Å². The summed E-state index contributed by atoms with van der Waals surface area (Å²) in [4.78, 5) is 0. The van der Waals surface area contributed by atoms with E-state index in [2.05, 4.69) is 50.9 Å². The average Bonchev–Trinajstić information content (AvgIpc) is 3.81. The Bertz CT molecular complexity index is 1230. The van der Waals surface area contributed by atoms with Crippen molar-refractivity contribution in [3.05, 3.63) is 93.5 Å². The van der Waals surface area contributed by atoms with Crippen LogP contribution in [0.25, 0.3) is 0 Å². The number of hydrogen-bond donors (Lipinski definition) is 0. The molecule has 2 aromatic rings. The molecule has 0 N–H and O–H groups in total. The molecule has 0 aliphatic heterocycles. The van der Waals surface area contributed by atoms with Crippen molar-refractivity contribution in [3.63, 3.8) is 0 Å². The molecule has 45 heavy (non-hydrogen) atoms. The van der Waals surface area contributed by atoms with Crippen LogP contribution in [0.3, 0.4) is 0 Å². The summed E-state index contributed by atoms with van der Waals surface area (Å²) in [6.07, 6.45) is 9.33. The smallest absolute Gasteiger partial charge is 0.243 e. The van der Waals surface area contributed by atoms with Gasteiger partial charge in [-0.1, -0.05) is 112 Å². The molecular weight excluding hydrogens is 658 g/mol. The molecular formula is C36H51Cl3F3NOS. The normalized spacial score (nSPS) is 15.6. The first-order chi connectivity index (χ1) is 21.1. The highest BCUT2D eigenvalue weighted by Gasteiger charge is 2.36. The largest absolute Gasteiger partial charge is 0.417 e. The Kier molecular flexibility index (Phi) is 18.7. The van der Waals surface area contributed by atoms with Crippen molar-refractivity contribution >= 4 is 45.8 Å². The minimum absolute atomic E-state index is 0.0952. The van der Waals surface area contributed by atoms with Gasteiger partial charge in [0.15, 0.2) is 0 Å². The molecule has 0 bridgehead atoms. The fraction of sp³-hybridized carbons (Fsp3) is 0.556. The van der Waals surface area contributed by atoms with Crippen LogP contribution in [0, 0.1) is 0 Å². The van der Waals surface area contributed by atoms with Gasteiger partial charge in [0.25, 0.3) is 0 Å². The fourth-order valence-electron chi connectivity index (χ4n) is 5.49. The van der Waals surface area contributed by atoms with Gasteiger partial charge in [0.2, 0.25) is 0 Å². The highest BCUT2D eigenvalue weighted by Crippen LogP contribution is 2.39. The van der Waals surface area contributed by atoms with Crippen LogP contribution in [0.4, 0.5) is 13.2 Å². The Labute approximate surface area is 288 Å². The highest BCUT2D eigenvalue weighted by molar-refractivity contribution is 7.81. The molecule has 3 atom stereocenters. The molecule has 1 fully saturated rings. The lowest BCUT2D eigenvalue weighted by Gasteiger charge is -2.32. The van der Waals surface area contributed by atoms with E-state index in [1.165, 1.54) is 37.3 Å². The van der Waals surface area contributed by atoms with E-state index in [0.29, 0.717) is 34.1 Å². The Morgan fingerprint density at radius 1 is 0.956 bits per heavy atom. The first-order valence-corrected chi connectivity index (χ1v) is 18.4. The third-order valence-electron chi connectivity index (χ3n) is 8.27. The summed E-state index contributed by atoms with van der Waals surface area (Å²) >= 11 is 17.8. The topological polar surface area (TPSA) is 20.3 Å². The van der Waals surface area contributed by atoms with E-state index in [-0.39, 0.29) is 10.4 Å². The van der Waals surface area contributed by atoms with Crippen LogP contribution in [0.15, 0.2) is 61.7 Å². The highest BCUT2D eigenvalue weighted by atomic mass is 35.5. The van der Waals surface area contributed by atoms with Crippen LogP contribution in [0.1, 0.15) is 109 Å². The molecule has 2 nitrogen and oxygen atoms in total. The Morgan fingerprint density at radius 3 is 2.07 bits per heavy atom. The summed E-state index contributed by atoms with van der Waals surface area (Å²) in [6.45, 7) is 18.8. The predicted octanol–water partition coefficient (Wildman–Crippen LogP) is 12.8. The van der Waals surface area contributed by atoms with E-state index in [1.54, 1.807) is 6.07 Å². The van der Waals surface area contributed by atoms with Crippen LogP contribution >= 0.6 is 34.8 Å². The van der Waals surface area contributed by atoms with Crippen molar-refractivity contribution in [3.8, 4) is 0 Å². The van der Waals surface area contributed by atoms with Crippen molar-refractivity contribution in [2.45, 2.75) is 122 Å². The second-order valence-corrected chi connectivity index (χ2v) is 14.4. The quantitative estimate of drug-likeness (QED) is 0.133. The van der Waals surface area contributed by atoms with Crippen LogP contribution in [-0.4, -0.2) is 26.9 Å². The standard InChI is InChI=1S/C24H37Cl2NOS.C10H10ClF3.C2H4/c1-6-10-20(27(29(5)28)21-13-14-21)11-8-7-9-16-24(4,18(2)3)19-12-15-22(25)23(26)17-19;1-2-3-7-4-5-9(11)8(6-7)10(12,13)14;1-2/h12,15,17,20-21H,2,6-11,13-14,16H2,1,3-5H3;4-6H,2-3H2,1H3;1-2H2. The van der Waals surface area contributed by atoms with Gasteiger partial charge in [-0.15, -0.1) is 13.2 Å². The van der Waals surface area contributed by atoms with Crippen molar-refractivity contribution < 1.29 is 17.4 Å². The molecule has 0 aromatic heterocycles. The van der Waals surface area contributed by atoms with Gasteiger partial charge in [0.1, 0.15) is 0 Å². The Balaban J connectivity index is 0.000000529. The maximum Gasteiger partial charge on any atom is 0.417 e. The van der Waals surface area contributed by atoms with Crippen LogP contribution in [0.5, 0.6) is 0 Å². The molecule has 3 unspecified atom stereocenters. The summed E-state index contributed by atoms with van der Waals surface area (Å²) < 4.78 is 51.7. The first-order valence-electron chi connectivity index (χ1n) is 15.7. The average molecular weight is 709 g/mol. The fourth-order valence-corrected chi connectivity index (χ4v) is 7.28. The lowest BCUT2D eigenvalue weighted by molar-refractivity contribution is -0.137. The number of allylic oxidation sites excluding steroid dienone is 1. The van der Waals surface area contributed by atoms with E-state index in [9.17, 15) is 17.4 Å².